The van der Waals surface area contributed by atoms with Crippen molar-refractivity contribution in [3.05, 3.63) is 24.8 Å². The van der Waals surface area contributed by atoms with Crippen LogP contribution >= 0.6 is 0 Å². The Kier molecular flexibility index (Phi) is 20.6. The molecule has 3 aliphatic heterocycles. The number of aliphatic hydroxyl groups excluding tert-OH is 1. The Morgan fingerprint density at radius 1 is 0.818 bits per heavy atom. The summed E-state index contributed by atoms with van der Waals surface area (Å²) in [5.74, 6) is -1.10. The van der Waals surface area contributed by atoms with E-state index in [-0.39, 0.29) is 18.7 Å². The molecule has 0 aromatic carbocycles. The van der Waals surface area contributed by atoms with Crippen LogP contribution in [0.2, 0.25) is 0 Å². The monoisotopic (exact) mass is 630 g/mol. The van der Waals surface area contributed by atoms with Crippen molar-refractivity contribution in [3.63, 3.8) is 0 Å². The van der Waals surface area contributed by atoms with E-state index in [1.165, 1.54) is 77.4 Å². The number of carbonyl (C=O) groups excluding carboxylic acids is 5. The SMILES string of the molecule is C1CN2CCN1CC2.C=C(C(=O)OC)C(O)CN(C)C(=O)OC(C)(C)C.C=CC(=O)OC.CN(CC=O)C(=O)OC(C)(C)C. The first kappa shape index (κ1) is 42.6. The predicted molar refractivity (Wildman–Crippen MR) is 166 cm³/mol. The molecule has 0 aliphatic carbocycles. The molecule has 0 aromatic heterocycles. The van der Waals surface area contributed by atoms with Gasteiger partial charge in [-0.15, -0.1) is 0 Å². The van der Waals surface area contributed by atoms with Crippen LogP contribution in [0.1, 0.15) is 41.5 Å². The van der Waals surface area contributed by atoms with Crippen LogP contribution in [0.5, 0.6) is 0 Å². The Hall–Kier alpha value is -3.49. The third kappa shape index (κ3) is 21.2. The lowest BCUT2D eigenvalue weighted by Gasteiger charge is -2.41. The molecule has 2 amide bonds. The van der Waals surface area contributed by atoms with E-state index in [1.54, 1.807) is 41.5 Å². The van der Waals surface area contributed by atoms with Crippen LogP contribution in [0, 0.1) is 0 Å². The van der Waals surface area contributed by atoms with Crippen molar-refractivity contribution in [1.82, 2.24) is 19.6 Å². The molecule has 3 fully saturated rings. The van der Waals surface area contributed by atoms with Gasteiger partial charge in [-0.2, -0.15) is 0 Å². The summed E-state index contributed by atoms with van der Waals surface area (Å²) in [5.41, 5.74) is -1.22. The van der Waals surface area contributed by atoms with Crippen LogP contribution in [-0.4, -0.2) is 153 Å². The van der Waals surface area contributed by atoms with Crippen LogP contribution in [0.4, 0.5) is 9.59 Å². The Balaban J connectivity index is 0. The van der Waals surface area contributed by atoms with Gasteiger partial charge in [0, 0.05) is 59.4 Å². The number of fused-ring (bicyclic) bond motifs is 3. The van der Waals surface area contributed by atoms with Crippen molar-refractivity contribution >= 4 is 30.4 Å². The summed E-state index contributed by atoms with van der Waals surface area (Å²) in [7, 11) is 5.48. The number of piperazine rings is 3. The van der Waals surface area contributed by atoms with Gasteiger partial charge in [0.15, 0.2) is 0 Å². The van der Waals surface area contributed by atoms with Gasteiger partial charge >= 0.3 is 24.1 Å². The molecule has 1 unspecified atom stereocenters. The molecule has 0 aromatic rings. The van der Waals surface area contributed by atoms with E-state index < -0.39 is 41.4 Å². The normalized spacial score (nSPS) is 17.2. The topological polar surface area (TPSA) is 155 Å². The Labute approximate surface area is 262 Å². The molecular formula is C30H54N4O10. The first-order chi connectivity index (χ1) is 20.2. The number of rotatable bonds is 7. The number of esters is 2. The number of nitrogens with zero attached hydrogens (tertiary/aromatic N) is 4. The van der Waals surface area contributed by atoms with Gasteiger partial charge in [0.25, 0.3) is 0 Å². The molecule has 0 spiro atoms. The number of hydrogen-bond acceptors (Lipinski definition) is 12. The second-order valence-electron chi connectivity index (χ2n) is 11.8. The lowest BCUT2D eigenvalue weighted by molar-refractivity contribution is -0.137. The Morgan fingerprint density at radius 2 is 1.20 bits per heavy atom. The fourth-order valence-corrected chi connectivity index (χ4v) is 3.18. The zero-order valence-electron chi connectivity index (χ0n) is 28.2. The number of ether oxygens (including phenoxy) is 4. The molecule has 3 aliphatic rings. The molecule has 1 N–H and O–H groups in total. The van der Waals surface area contributed by atoms with Crippen molar-refractivity contribution in [2.75, 3.05) is 80.7 Å². The van der Waals surface area contributed by atoms with Crippen molar-refractivity contribution in [1.29, 1.82) is 0 Å². The molecular weight excluding hydrogens is 576 g/mol. The summed E-state index contributed by atoms with van der Waals surface area (Å²) in [5, 5.41) is 9.69. The van der Waals surface area contributed by atoms with Crippen molar-refractivity contribution < 1.29 is 48.0 Å². The smallest absolute Gasteiger partial charge is 0.410 e. The van der Waals surface area contributed by atoms with Crippen LogP contribution in [0.15, 0.2) is 24.8 Å². The molecule has 3 heterocycles. The summed E-state index contributed by atoms with van der Waals surface area (Å²) in [6.45, 7) is 25.0. The summed E-state index contributed by atoms with van der Waals surface area (Å²) in [4.78, 5) is 61.2. The van der Waals surface area contributed by atoms with Crippen molar-refractivity contribution in [3.8, 4) is 0 Å². The molecule has 14 nitrogen and oxygen atoms in total. The number of aliphatic hydroxyl groups is 1. The molecule has 2 bridgehead atoms. The molecule has 3 rings (SSSR count). The Bertz CT molecular complexity index is 912. The van der Waals surface area contributed by atoms with Crippen LogP contribution in [0.25, 0.3) is 0 Å². The number of aldehydes is 1. The van der Waals surface area contributed by atoms with Gasteiger partial charge in [-0.05, 0) is 41.5 Å². The highest BCUT2D eigenvalue weighted by molar-refractivity contribution is 5.88. The molecule has 0 saturated carbocycles. The van der Waals surface area contributed by atoms with Gasteiger partial charge in [-0.25, -0.2) is 19.2 Å². The van der Waals surface area contributed by atoms with Gasteiger partial charge in [0.1, 0.15) is 23.6 Å². The van der Waals surface area contributed by atoms with Crippen molar-refractivity contribution in [2.24, 2.45) is 0 Å². The predicted octanol–water partition coefficient (Wildman–Crippen LogP) is 1.96. The van der Waals surface area contributed by atoms with Crippen LogP contribution in [-0.2, 0) is 33.3 Å². The summed E-state index contributed by atoms with van der Waals surface area (Å²) >= 11 is 0. The maximum atomic E-state index is 11.6. The molecule has 0 radical (unpaired) electrons. The van der Waals surface area contributed by atoms with Gasteiger partial charge in [-0.1, -0.05) is 13.2 Å². The van der Waals surface area contributed by atoms with Gasteiger partial charge in [-0.3, -0.25) is 9.80 Å². The zero-order chi connectivity index (χ0) is 34.7. The van der Waals surface area contributed by atoms with E-state index in [0.717, 1.165) is 6.08 Å². The maximum absolute atomic E-state index is 11.6. The largest absolute Gasteiger partial charge is 0.466 e. The fourth-order valence-electron chi connectivity index (χ4n) is 3.18. The van der Waals surface area contributed by atoms with Gasteiger partial charge < -0.3 is 38.6 Å². The number of methoxy groups -OCH3 is 2. The third-order valence-electron chi connectivity index (χ3n) is 5.62. The minimum Gasteiger partial charge on any atom is -0.466 e. The van der Waals surface area contributed by atoms with Crippen LogP contribution in [0.3, 0.4) is 0 Å². The number of amides is 2. The highest BCUT2D eigenvalue weighted by Crippen LogP contribution is 2.11. The lowest BCUT2D eigenvalue weighted by atomic mass is 10.1. The molecule has 14 heteroatoms. The highest BCUT2D eigenvalue weighted by Gasteiger charge is 2.25. The van der Waals surface area contributed by atoms with Crippen molar-refractivity contribution in [2.45, 2.75) is 58.8 Å². The lowest BCUT2D eigenvalue weighted by Crippen LogP contribution is -2.55. The van der Waals surface area contributed by atoms with Gasteiger partial charge in [0.2, 0.25) is 0 Å². The molecule has 3 saturated heterocycles. The van der Waals surface area contributed by atoms with E-state index in [4.69, 9.17) is 9.47 Å². The van der Waals surface area contributed by atoms with Gasteiger partial charge in [0.05, 0.1) is 32.9 Å². The highest BCUT2D eigenvalue weighted by atomic mass is 16.6. The van der Waals surface area contributed by atoms with E-state index in [2.05, 4.69) is 32.4 Å². The summed E-state index contributed by atoms with van der Waals surface area (Å²) < 4.78 is 18.6. The molecule has 254 valence electrons. The maximum Gasteiger partial charge on any atom is 0.410 e. The minimum atomic E-state index is -1.19. The Morgan fingerprint density at radius 3 is 1.45 bits per heavy atom. The molecule has 44 heavy (non-hydrogen) atoms. The zero-order valence-corrected chi connectivity index (χ0v) is 28.2. The van der Waals surface area contributed by atoms with E-state index in [1.807, 2.05) is 0 Å². The average molecular weight is 631 g/mol. The van der Waals surface area contributed by atoms with E-state index in [0.29, 0.717) is 6.29 Å². The fraction of sp³-hybridized carbons (Fsp3) is 0.700. The summed E-state index contributed by atoms with van der Waals surface area (Å²) in [6.07, 6.45) is -0.479. The molecule has 1 atom stereocenters. The number of hydrogen-bond donors (Lipinski definition) is 1. The quantitative estimate of drug-likeness (QED) is 0.189. The van der Waals surface area contributed by atoms with Crippen LogP contribution < -0.4 is 0 Å². The van der Waals surface area contributed by atoms with E-state index in [9.17, 15) is 29.1 Å². The third-order valence-corrected chi connectivity index (χ3v) is 5.62. The minimum absolute atomic E-state index is 0.0644. The van der Waals surface area contributed by atoms with E-state index >= 15 is 0 Å². The number of carbonyl (C=O) groups is 5. The first-order valence-corrected chi connectivity index (χ1v) is 14.1. The first-order valence-electron chi connectivity index (χ1n) is 14.1. The summed E-state index contributed by atoms with van der Waals surface area (Å²) in [6, 6.07) is 0. The second kappa shape index (κ2) is 21.3. The number of likely N-dealkylation sites (N-methyl/N-ethyl adjacent to an activating group) is 2. The second-order valence-corrected chi connectivity index (χ2v) is 11.8. The average Bonchev–Trinajstić information content (AvgIpc) is 2.96. The standard InChI is InChI=1S/C12H21NO5.C8H15NO3.C6H12N2.C4H6O2/c1-8(10(15)17-6)9(14)7-13(5)11(16)18-12(2,3)4;1-8(2,3)12-7(11)9(4)5-6-10;1-2-8-5-3-7(1)4-6-8;1-3-4(5)6-2/h9,14H,1,7H2,2-6H3;6H,5H2,1-4H3;1-6H2;3H,1H2,2H3.